The van der Waals surface area contributed by atoms with Gasteiger partial charge in [0.05, 0.1) is 17.6 Å². The molecule has 8 heteroatoms. The first-order valence-corrected chi connectivity index (χ1v) is 6.85. The number of amides is 1. The van der Waals surface area contributed by atoms with Crippen molar-refractivity contribution in [2.24, 2.45) is 11.7 Å². The van der Waals surface area contributed by atoms with Crippen molar-refractivity contribution in [3.63, 3.8) is 0 Å². The number of hydrogen-bond donors (Lipinski definition) is 1. The second kappa shape index (κ2) is 6.42. The average Bonchev–Trinajstić information content (AvgIpc) is 2.53. The van der Waals surface area contributed by atoms with Crippen LogP contribution in [0.15, 0.2) is 18.2 Å². The summed E-state index contributed by atoms with van der Waals surface area (Å²) in [5.41, 5.74) is 5.81. The number of anilines is 1. The molecule has 22 heavy (non-hydrogen) atoms. The smallest absolute Gasteiger partial charge is 0.337 e. The van der Waals surface area contributed by atoms with E-state index in [9.17, 15) is 19.7 Å². The molecule has 0 radical (unpaired) electrons. The van der Waals surface area contributed by atoms with Crippen molar-refractivity contribution in [1.29, 1.82) is 0 Å². The van der Waals surface area contributed by atoms with Crippen LogP contribution in [-0.2, 0) is 9.53 Å². The van der Waals surface area contributed by atoms with E-state index in [4.69, 9.17) is 5.73 Å². The second-order valence-electron chi connectivity index (χ2n) is 5.12. The number of nitrogens with two attached hydrogens (primary N) is 1. The molecule has 0 aromatic heterocycles. The van der Waals surface area contributed by atoms with Crippen LogP contribution < -0.4 is 10.6 Å². The Kier molecular flexibility index (Phi) is 4.59. The van der Waals surface area contributed by atoms with Gasteiger partial charge < -0.3 is 15.4 Å². The summed E-state index contributed by atoms with van der Waals surface area (Å²) in [6, 6.07) is 4.11. The maximum absolute atomic E-state index is 11.6. The van der Waals surface area contributed by atoms with Crippen LogP contribution in [0.4, 0.5) is 11.4 Å². The van der Waals surface area contributed by atoms with Crippen LogP contribution in [0.2, 0.25) is 0 Å². The van der Waals surface area contributed by atoms with Crippen molar-refractivity contribution >= 4 is 23.3 Å². The zero-order valence-electron chi connectivity index (χ0n) is 12.2. The van der Waals surface area contributed by atoms with Gasteiger partial charge >= 0.3 is 5.97 Å². The van der Waals surface area contributed by atoms with Crippen molar-refractivity contribution in [2.75, 3.05) is 25.1 Å². The highest BCUT2D eigenvalue weighted by atomic mass is 16.6. The predicted molar refractivity (Wildman–Crippen MR) is 78.6 cm³/mol. The molecule has 1 aromatic carbocycles. The van der Waals surface area contributed by atoms with Crippen LogP contribution in [0.25, 0.3) is 0 Å². The average molecular weight is 307 g/mol. The van der Waals surface area contributed by atoms with Gasteiger partial charge in [-0.3, -0.25) is 14.9 Å². The van der Waals surface area contributed by atoms with Gasteiger partial charge in [-0.05, 0) is 25.0 Å². The molecule has 1 aliphatic heterocycles. The largest absolute Gasteiger partial charge is 0.465 e. The number of ether oxygens (including phenoxy) is 1. The topological polar surface area (TPSA) is 116 Å². The Hall–Kier alpha value is -2.64. The van der Waals surface area contributed by atoms with Gasteiger partial charge in [-0.1, -0.05) is 0 Å². The summed E-state index contributed by atoms with van der Waals surface area (Å²) in [6.07, 6.45) is 1.07. The molecule has 1 aromatic rings. The number of primary amides is 1. The van der Waals surface area contributed by atoms with Gasteiger partial charge in [-0.25, -0.2) is 4.79 Å². The Morgan fingerprint density at radius 2 is 2.00 bits per heavy atom. The zero-order chi connectivity index (χ0) is 16.3. The number of nitro benzene ring substituents is 1. The Morgan fingerprint density at radius 3 is 2.50 bits per heavy atom. The van der Waals surface area contributed by atoms with Gasteiger partial charge in [0.15, 0.2) is 0 Å². The van der Waals surface area contributed by atoms with E-state index >= 15 is 0 Å². The predicted octanol–water partition coefficient (Wildman–Crippen LogP) is 1.08. The fourth-order valence-corrected chi connectivity index (χ4v) is 2.58. The number of carbonyl (C=O) groups excluding carboxylic acids is 2. The van der Waals surface area contributed by atoms with Gasteiger partial charge in [-0.15, -0.1) is 0 Å². The lowest BCUT2D eigenvalue weighted by Gasteiger charge is -2.32. The van der Waals surface area contributed by atoms with Gasteiger partial charge in [0.25, 0.3) is 5.69 Å². The Labute approximate surface area is 127 Å². The highest BCUT2D eigenvalue weighted by molar-refractivity contribution is 5.91. The fourth-order valence-electron chi connectivity index (χ4n) is 2.58. The molecule has 0 unspecified atom stereocenters. The van der Waals surface area contributed by atoms with E-state index in [-0.39, 0.29) is 23.1 Å². The molecule has 2 rings (SSSR count). The summed E-state index contributed by atoms with van der Waals surface area (Å²) >= 11 is 0. The molecular weight excluding hydrogens is 290 g/mol. The summed E-state index contributed by atoms with van der Waals surface area (Å²) in [6.45, 7) is 0.943. The molecule has 118 valence electrons. The van der Waals surface area contributed by atoms with Crippen molar-refractivity contribution in [2.45, 2.75) is 12.8 Å². The van der Waals surface area contributed by atoms with E-state index in [2.05, 4.69) is 4.74 Å². The number of piperidine rings is 1. The van der Waals surface area contributed by atoms with Crippen LogP contribution in [0.1, 0.15) is 23.2 Å². The van der Waals surface area contributed by atoms with Crippen LogP contribution in [0.5, 0.6) is 0 Å². The van der Waals surface area contributed by atoms with E-state index in [0.717, 1.165) is 0 Å². The van der Waals surface area contributed by atoms with Crippen LogP contribution >= 0.6 is 0 Å². The minimum absolute atomic E-state index is 0.0785. The molecule has 0 saturated carbocycles. The zero-order valence-corrected chi connectivity index (χ0v) is 12.2. The summed E-state index contributed by atoms with van der Waals surface area (Å²) in [5, 5.41) is 11.2. The first-order valence-electron chi connectivity index (χ1n) is 6.85. The summed E-state index contributed by atoms with van der Waals surface area (Å²) in [4.78, 5) is 35.3. The lowest BCUT2D eigenvalue weighted by molar-refractivity contribution is -0.384. The van der Waals surface area contributed by atoms with Gasteiger partial charge in [0.1, 0.15) is 5.69 Å². The molecule has 1 amide bonds. The lowest BCUT2D eigenvalue weighted by atomic mass is 9.95. The first-order chi connectivity index (χ1) is 10.4. The van der Waals surface area contributed by atoms with Gasteiger partial charge in [0, 0.05) is 25.1 Å². The number of nitro groups is 1. The minimum atomic E-state index is -0.553. The number of rotatable bonds is 4. The van der Waals surface area contributed by atoms with Gasteiger partial charge in [-0.2, -0.15) is 0 Å². The number of hydrogen-bond acceptors (Lipinski definition) is 6. The molecule has 2 N–H and O–H groups in total. The van der Waals surface area contributed by atoms with E-state index in [1.54, 1.807) is 4.90 Å². The molecule has 1 saturated heterocycles. The summed E-state index contributed by atoms with van der Waals surface area (Å²) in [7, 11) is 1.25. The monoisotopic (exact) mass is 307 g/mol. The highest BCUT2D eigenvalue weighted by Gasteiger charge is 2.28. The Balaban J connectivity index is 2.30. The number of methoxy groups -OCH3 is 1. The molecule has 0 aliphatic carbocycles. The molecular formula is C14H17N3O5. The Morgan fingerprint density at radius 1 is 1.36 bits per heavy atom. The van der Waals surface area contributed by atoms with E-state index < -0.39 is 10.9 Å². The molecule has 0 bridgehead atoms. The van der Waals surface area contributed by atoms with Crippen molar-refractivity contribution in [1.82, 2.24) is 0 Å². The third-order valence-electron chi connectivity index (χ3n) is 3.83. The van der Waals surface area contributed by atoms with Crippen molar-refractivity contribution in [3.8, 4) is 0 Å². The van der Waals surface area contributed by atoms with Crippen LogP contribution in [0.3, 0.4) is 0 Å². The molecule has 0 spiro atoms. The van der Waals surface area contributed by atoms with E-state index in [0.29, 0.717) is 31.6 Å². The molecule has 1 heterocycles. The molecule has 0 atom stereocenters. The van der Waals surface area contributed by atoms with Gasteiger partial charge in [0.2, 0.25) is 5.91 Å². The maximum Gasteiger partial charge on any atom is 0.337 e. The molecule has 1 aliphatic rings. The fraction of sp³-hybridized carbons (Fsp3) is 0.429. The molecule has 8 nitrogen and oxygen atoms in total. The van der Waals surface area contributed by atoms with Crippen molar-refractivity contribution in [3.05, 3.63) is 33.9 Å². The van der Waals surface area contributed by atoms with Crippen LogP contribution in [0, 0.1) is 16.0 Å². The lowest BCUT2D eigenvalue weighted by Crippen LogP contribution is -2.38. The van der Waals surface area contributed by atoms with Crippen molar-refractivity contribution < 1.29 is 19.2 Å². The number of benzene rings is 1. The normalized spacial score (nSPS) is 15.4. The summed E-state index contributed by atoms with van der Waals surface area (Å²) < 4.78 is 4.64. The van der Waals surface area contributed by atoms with E-state index in [1.807, 2.05) is 0 Å². The van der Waals surface area contributed by atoms with Crippen LogP contribution in [-0.4, -0.2) is 37.0 Å². The standard InChI is InChI=1S/C14H17N3O5/c1-22-14(19)10-2-3-11(17(20)21)12(8-10)16-6-4-9(5-7-16)13(15)18/h2-3,8-9H,4-7H2,1H3,(H2,15,18). The molecule has 1 fully saturated rings. The number of nitrogens with zero attached hydrogens (tertiary/aromatic N) is 2. The maximum atomic E-state index is 11.6. The third kappa shape index (κ3) is 3.16. The second-order valence-corrected chi connectivity index (χ2v) is 5.12. The number of esters is 1. The van der Waals surface area contributed by atoms with E-state index in [1.165, 1.54) is 25.3 Å². The highest BCUT2D eigenvalue weighted by Crippen LogP contribution is 2.32. The number of carbonyl (C=O) groups is 2. The first kappa shape index (κ1) is 15.7. The summed E-state index contributed by atoms with van der Waals surface area (Å²) in [5.74, 6) is -1.11. The Bertz CT molecular complexity index is 608. The third-order valence-corrected chi connectivity index (χ3v) is 3.83. The minimum Gasteiger partial charge on any atom is -0.465 e. The SMILES string of the molecule is COC(=O)c1ccc([N+](=O)[O-])c(N2CCC(C(N)=O)CC2)c1. The quantitative estimate of drug-likeness (QED) is 0.505.